The molecule has 3 heterocycles. The fourth-order valence-electron chi connectivity index (χ4n) is 4.83. The Morgan fingerprint density at radius 3 is 2.51 bits per heavy atom. The summed E-state index contributed by atoms with van der Waals surface area (Å²) in [5.74, 6) is -2.18. The third-order valence-corrected chi connectivity index (χ3v) is 11.1. The Balaban J connectivity index is 1.36. The van der Waals surface area contributed by atoms with Gasteiger partial charge in [0.2, 0.25) is 5.91 Å². The zero-order valence-corrected chi connectivity index (χ0v) is 27.3. The maximum Gasteiger partial charge on any atom is 0.352 e. The zero-order chi connectivity index (χ0) is 31.4. The van der Waals surface area contributed by atoms with Crippen molar-refractivity contribution in [2.24, 2.45) is 5.73 Å². The number of nitrogens with one attached hydrogen (secondary N) is 1. The lowest BCUT2D eigenvalue weighted by molar-refractivity contribution is -0.709. The lowest BCUT2D eigenvalue weighted by Gasteiger charge is -2.49. The number of carbonyl (C=O) groups excluding carboxylic acids is 2. The van der Waals surface area contributed by atoms with Crippen LogP contribution in [0.3, 0.4) is 0 Å². The molecule has 2 amide bonds. The van der Waals surface area contributed by atoms with E-state index in [1.807, 2.05) is 26.0 Å². The molecule has 1 saturated heterocycles. The number of β-lactam (4-membered cyclic amide) rings is 1. The van der Waals surface area contributed by atoms with Crippen LogP contribution in [0, 0.1) is 13.8 Å². The number of aliphatic carboxylic acids is 2. The third kappa shape index (κ3) is 8.00. The Labute approximate surface area is 271 Å². The Hall–Kier alpha value is -2.42. The van der Waals surface area contributed by atoms with E-state index < -0.39 is 35.3 Å². The average Bonchev–Trinajstić information content (AvgIpc) is 2.95. The molecule has 0 aliphatic carbocycles. The molecule has 230 valence electrons. The van der Waals surface area contributed by atoms with Gasteiger partial charge in [0.25, 0.3) is 5.91 Å². The molecule has 2 aliphatic heterocycles. The zero-order valence-electron chi connectivity index (χ0n) is 23.3. The molecule has 0 spiro atoms. The highest BCUT2D eigenvalue weighted by Crippen LogP contribution is 2.42. The summed E-state index contributed by atoms with van der Waals surface area (Å²) in [7, 11) is 0. The van der Waals surface area contributed by atoms with Crippen LogP contribution in [-0.2, 0) is 25.7 Å². The summed E-state index contributed by atoms with van der Waals surface area (Å²) in [4.78, 5) is 51.8. The maximum atomic E-state index is 13.0. The highest BCUT2D eigenvalue weighted by atomic mass is 35.5. The molecule has 1 fully saturated rings. The number of nitrogens with zero attached hydrogens (tertiary/aromatic N) is 2. The van der Waals surface area contributed by atoms with Crippen LogP contribution in [0.1, 0.15) is 24.2 Å². The summed E-state index contributed by atoms with van der Waals surface area (Å²) in [6, 6.07) is 7.27. The van der Waals surface area contributed by atoms with Gasteiger partial charge in [-0.15, -0.1) is 35.3 Å². The van der Waals surface area contributed by atoms with E-state index in [9.17, 15) is 24.3 Å². The number of benzene rings is 1. The van der Waals surface area contributed by atoms with E-state index in [0.29, 0.717) is 51.4 Å². The molecule has 43 heavy (non-hydrogen) atoms. The van der Waals surface area contributed by atoms with Crippen LogP contribution < -0.4 is 15.6 Å². The standard InChI is InChI=1S/C28H30Cl2N4O6S3/c1-14-8-18(9-15(2)33(14)7-3-4-20(31)27(37)38)41-11-16-12-43-26-23(25(36)34(26)24(16)28(39)40)32-22(35)13-42-21-10-17(29)5-6-19(21)30/h5-6,8-10,20,23,26H,3-4,7,11-13,31H2,1-2H3,(H2-,32,35,37,38,39,40)/p+1/t20-,23+,26-/m1/s1. The van der Waals surface area contributed by atoms with Gasteiger partial charge >= 0.3 is 11.9 Å². The van der Waals surface area contributed by atoms with Crippen molar-refractivity contribution in [2.75, 3.05) is 17.3 Å². The van der Waals surface area contributed by atoms with E-state index in [1.54, 1.807) is 18.2 Å². The lowest BCUT2D eigenvalue weighted by atomic mass is 10.0. The minimum atomic E-state index is -1.18. The normalized spacial score (nSPS) is 18.6. The summed E-state index contributed by atoms with van der Waals surface area (Å²) in [6.07, 6.45) is 0.999. The second-order valence-electron chi connectivity index (χ2n) is 10.1. The number of thioether (sulfide) groups is 3. The van der Waals surface area contributed by atoms with Gasteiger partial charge in [0, 0.05) is 58.7 Å². The number of aromatic nitrogens is 1. The van der Waals surface area contributed by atoms with Gasteiger partial charge in [-0.3, -0.25) is 19.3 Å². The predicted octanol–water partition coefficient (Wildman–Crippen LogP) is 3.71. The van der Waals surface area contributed by atoms with Crippen molar-refractivity contribution >= 4 is 82.2 Å². The summed E-state index contributed by atoms with van der Waals surface area (Å²) < 4.78 is 2.09. The van der Waals surface area contributed by atoms with Gasteiger partial charge in [0.15, 0.2) is 11.4 Å². The molecular formula is C28H31Cl2N4O6S3+. The van der Waals surface area contributed by atoms with Crippen LogP contribution in [0.25, 0.3) is 0 Å². The molecule has 2 aliphatic rings. The second-order valence-corrected chi connectivity index (χ2v) is 14.1. The van der Waals surface area contributed by atoms with Crippen molar-refractivity contribution in [1.82, 2.24) is 10.2 Å². The Morgan fingerprint density at radius 1 is 1.16 bits per heavy atom. The van der Waals surface area contributed by atoms with Gasteiger partial charge in [-0.1, -0.05) is 23.2 Å². The summed E-state index contributed by atoms with van der Waals surface area (Å²) in [5.41, 5.74) is 8.20. The number of fused-ring (bicyclic) bond motifs is 1. The number of aryl methyl sites for hydroxylation is 2. The summed E-state index contributed by atoms with van der Waals surface area (Å²) in [6.45, 7) is 4.57. The SMILES string of the molecule is Cc1cc(SCC2=C(C(=O)O)N3C(=O)[C@H](NC(=O)CSc4cc(Cl)ccc4Cl)[C@H]3SC2)cc(C)[n+]1CCC[C@@H](N)C(=O)O. The molecule has 5 N–H and O–H groups in total. The fourth-order valence-corrected chi connectivity index (χ4v) is 8.69. The van der Waals surface area contributed by atoms with Crippen LogP contribution in [0.15, 0.2) is 51.4 Å². The summed E-state index contributed by atoms with van der Waals surface area (Å²) in [5, 5.41) is 22.2. The van der Waals surface area contributed by atoms with Crippen LogP contribution in [0.5, 0.6) is 0 Å². The highest BCUT2D eigenvalue weighted by Gasteiger charge is 2.54. The third-order valence-electron chi connectivity index (χ3n) is 7.00. The maximum absolute atomic E-state index is 13.0. The minimum Gasteiger partial charge on any atom is -0.480 e. The Morgan fingerprint density at radius 2 is 1.86 bits per heavy atom. The van der Waals surface area contributed by atoms with Crippen molar-refractivity contribution in [3.05, 3.63) is 63.0 Å². The van der Waals surface area contributed by atoms with Crippen LogP contribution in [0.4, 0.5) is 0 Å². The van der Waals surface area contributed by atoms with Gasteiger partial charge in [-0.2, -0.15) is 0 Å². The first kappa shape index (κ1) is 33.5. The predicted molar refractivity (Wildman–Crippen MR) is 169 cm³/mol. The van der Waals surface area contributed by atoms with Gasteiger partial charge in [0.05, 0.1) is 10.8 Å². The molecule has 0 bridgehead atoms. The second kappa shape index (κ2) is 14.6. The van der Waals surface area contributed by atoms with E-state index >= 15 is 0 Å². The molecule has 2 aromatic rings. The molecule has 0 unspecified atom stereocenters. The molecular weight excluding hydrogens is 655 g/mol. The van der Waals surface area contributed by atoms with Crippen LogP contribution >= 0.6 is 58.5 Å². The van der Waals surface area contributed by atoms with Crippen molar-refractivity contribution < 1.29 is 34.0 Å². The Bertz CT molecular complexity index is 1470. The van der Waals surface area contributed by atoms with E-state index in [4.69, 9.17) is 34.0 Å². The molecule has 3 atom stereocenters. The van der Waals surface area contributed by atoms with Gasteiger partial charge in [-0.05, 0) is 30.2 Å². The molecule has 1 aromatic heterocycles. The highest BCUT2D eigenvalue weighted by molar-refractivity contribution is 8.01. The van der Waals surface area contributed by atoms with Crippen molar-refractivity contribution in [1.29, 1.82) is 0 Å². The molecule has 4 rings (SSSR count). The smallest absolute Gasteiger partial charge is 0.352 e. The number of rotatable bonds is 13. The molecule has 0 saturated carbocycles. The van der Waals surface area contributed by atoms with E-state index in [-0.39, 0.29) is 17.4 Å². The number of amides is 2. The minimum absolute atomic E-state index is 0.0243. The number of halogens is 2. The topological polar surface area (TPSA) is 154 Å². The van der Waals surface area contributed by atoms with Crippen molar-refractivity contribution in [3.8, 4) is 0 Å². The van der Waals surface area contributed by atoms with Gasteiger partial charge < -0.3 is 21.3 Å². The van der Waals surface area contributed by atoms with E-state index in [1.165, 1.54) is 40.2 Å². The number of pyridine rings is 1. The van der Waals surface area contributed by atoms with Gasteiger partial charge in [-0.25, -0.2) is 9.36 Å². The van der Waals surface area contributed by atoms with Crippen LogP contribution in [0.2, 0.25) is 10.0 Å². The van der Waals surface area contributed by atoms with E-state index in [2.05, 4.69) is 9.88 Å². The first-order valence-corrected chi connectivity index (χ1v) is 17.0. The monoisotopic (exact) mass is 685 g/mol. The largest absolute Gasteiger partial charge is 0.480 e. The average molecular weight is 687 g/mol. The number of hydrogen-bond acceptors (Lipinski definition) is 8. The number of carboxylic acids is 2. The molecule has 0 radical (unpaired) electrons. The molecule has 10 nitrogen and oxygen atoms in total. The first-order valence-electron chi connectivity index (χ1n) is 13.3. The quantitative estimate of drug-likeness (QED) is 0.139. The summed E-state index contributed by atoms with van der Waals surface area (Å²) >= 11 is 16.3. The van der Waals surface area contributed by atoms with Crippen LogP contribution in [-0.4, -0.2) is 73.6 Å². The first-order chi connectivity index (χ1) is 20.4. The Kier molecular flexibility index (Phi) is 11.3. The molecule has 1 aromatic carbocycles. The number of hydrogen-bond donors (Lipinski definition) is 4. The molecule has 15 heteroatoms. The van der Waals surface area contributed by atoms with Gasteiger partial charge in [0.1, 0.15) is 29.7 Å². The number of nitrogens with two attached hydrogens (primary N) is 1. The van der Waals surface area contributed by atoms with Crippen molar-refractivity contribution in [3.63, 3.8) is 0 Å². The van der Waals surface area contributed by atoms with E-state index in [0.717, 1.165) is 16.3 Å². The number of carboxylic acid groups (broad SMARTS) is 2. The fraction of sp³-hybridized carbons (Fsp3) is 0.393. The van der Waals surface area contributed by atoms with Crippen molar-refractivity contribution in [2.45, 2.75) is 60.5 Å². The lowest BCUT2D eigenvalue weighted by Crippen LogP contribution is -2.70. The number of carbonyl (C=O) groups is 4.